The number of hydrogen-bond donors (Lipinski definition) is 1. The summed E-state index contributed by atoms with van der Waals surface area (Å²) in [6.07, 6.45) is -3.24. The summed E-state index contributed by atoms with van der Waals surface area (Å²) in [5.41, 5.74) is -0.0850. The Kier molecular flexibility index (Phi) is 5.38. The molecule has 0 bridgehead atoms. The van der Waals surface area contributed by atoms with Crippen LogP contribution < -0.4 is 9.62 Å². The number of rotatable bonds is 3. The number of sulfonamides is 1. The molecule has 0 unspecified atom stereocenters. The van der Waals surface area contributed by atoms with Crippen LogP contribution in [-0.2, 0) is 16.2 Å². The number of carbonyl (C=O) groups is 1. The normalized spacial score (nSPS) is 16.6. The first-order valence-electron chi connectivity index (χ1n) is 8.68. The number of amides is 1. The summed E-state index contributed by atoms with van der Waals surface area (Å²) < 4.78 is 65.1. The SMILES string of the molecule is Cc1cc(C(=O)Nc2ccccc2C(F)(F)F)ccc1N1CCCCS1(=O)=O. The van der Waals surface area contributed by atoms with Gasteiger partial charge in [0.15, 0.2) is 0 Å². The highest BCUT2D eigenvalue weighted by atomic mass is 32.2. The fourth-order valence-electron chi connectivity index (χ4n) is 3.17. The first-order valence-corrected chi connectivity index (χ1v) is 10.3. The lowest BCUT2D eigenvalue weighted by Crippen LogP contribution is -2.38. The van der Waals surface area contributed by atoms with Crippen molar-refractivity contribution in [2.24, 2.45) is 0 Å². The number of nitrogens with zero attached hydrogens (tertiary/aromatic N) is 1. The summed E-state index contributed by atoms with van der Waals surface area (Å²) >= 11 is 0. The van der Waals surface area contributed by atoms with Gasteiger partial charge in [0, 0.05) is 12.1 Å². The number of halogens is 3. The van der Waals surface area contributed by atoms with E-state index in [0.29, 0.717) is 24.2 Å². The molecule has 5 nitrogen and oxygen atoms in total. The molecule has 2 aromatic carbocycles. The third-order valence-corrected chi connectivity index (χ3v) is 6.41. The van der Waals surface area contributed by atoms with Crippen LogP contribution >= 0.6 is 0 Å². The summed E-state index contributed by atoms with van der Waals surface area (Å²) in [6.45, 7) is 2.04. The average molecular weight is 412 g/mol. The second-order valence-corrected chi connectivity index (χ2v) is 8.61. The van der Waals surface area contributed by atoms with Gasteiger partial charge in [0.25, 0.3) is 5.91 Å². The molecule has 1 aliphatic heterocycles. The second kappa shape index (κ2) is 7.46. The van der Waals surface area contributed by atoms with Gasteiger partial charge in [0.05, 0.1) is 22.7 Å². The van der Waals surface area contributed by atoms with Gasteiger partial charge in [-0.2, -0.15) is 13.2 Å². The van der Waals surface area contributed by atoms with Crippen molar-refractivity contribution in [2.45, 2.75) is 25.9 Å². The number of nitrogens with one attached hydrogen (secondary N) is 1. The van der Waals surface area contributed by atoms with E-state index in [9.17, 15) is 26.4 Å². The van der Waals surface area contributed by atoms with E-state index in [-0.39, 0.29) is 17.0 Å². The highest BCUT2D eigenvalue weighted by Gasteiger charge is 2.33. The molecule has 1 saturated heterocycles. The van der Waals surface area contributed by atoms with Crippen LogP contribution in [0, 0.1) is 6.92 Å². The van der Waals surface area contributed by atoms with Crippen molar-refractivity contribution in [1.82, 2.24) is 0 Å². The molecular formula is C19H19F3N2O3S. The van der Waals surface area contributed by atoms with Crippen molar-refractivity contribution >= 4 is 27.3 Å². The van der Waals surface area contributed by atoms with E-state index in [1.807, 2.05) is 0 Å². The molecule has 3 rings (SSSR count). The average Bonchev–Trinajstić information content (AvgIpc) is 2.61. The summed E-state index contributed by atoms with van der Waals surface area (Å²) in [5, 5.41) is 2.29. The van der Waals surface area contributed by atoms with Gasteiger partial charge in [-0.15, -0.1) is 0 Å². The number of benzene rings is 2. The maximum atomic E-state index is 13.1. The minimum absolute atomic E-state index is 0.0723. The molecule has 0 aromatic heterocycles. The number of hydrogen-bond acceptors (Lipinski definition) is 3. The zero-order chi connectivity index (χ0) is 20.5. The third-order valence-electron chi connectivity index (χ3n) is 4.56. The molecule has 1 amide bonds. The number of para-hydroxylation sites is 1. The van der Waals surface area contributed by atoms with Crippen LogP contribution in [-0.4, -0.2) is 26.6 Å². The highest BCUT2D eigenvalue weighted by molar-refractivity contribution is 7.92. The van der Waals surface area contributed by atoms with Crippen molar-refractivity contribution in [3.05, 3.63) is 59.2 Å². The lowest BCUT2D eigenvalue weighted by atomic mass is 10.1. The van der Waals surface area contributed by atoms with Crippen LogP contribution in [0.4, 0.5) is 24.5 Å². The van der Waals surface area contributed by atoms with Crippen molar-refractivity contribution < 1.29 is 26.4 Å². The zero-order valence-corrected chi connectivity index (χ0v) is 15.9. The maximum Gasteiger partial charge on any atom is 0.418 e. The summed E-state index contributed by atoms with van der Waals surface area (Å²) in [5.74, 6) is -0.629. The first kappa shape index (κ1) is 20.2. The Morgan fingerprint density at radius 2 is 1.82 bits per heavy atom. The highest BCUT2D eigenvalue weighted by Crippen LogP contribution is 2.35. The van der Waals surface area contributed by atoms with Crippen LogP contribution in [0.25, 0.3) is 0 Å². The fraction of sp³-hybridized carbons (Fsp3) is 0.316. The van der Waals surface area contributed by atoms with Crippen molar-refractivity contribution in [1.29, 1.82) is 0 Å². The van der Waals surface area contributed by atoms with Crippen LogP contribution in [0.5, 0.6) is 0 Å². The van der Waals surface area contributed by atoms with E-state index >= 15 is 0 Å². The number of anilines is 2. The quantitative estimate of drug-likeness (QED) is 0.822. The second-order valence-electron chi connectivity index (χ2n) is 6.59. The Bertz CT molecular complexity index is 1000. The maximum absolute atomic E-state index is 13.1. The molecule has 0 spiro atoms. The van der Waals surface area contributed by atoms with Crippen LogP contribution in [0.15, 0.2) is 42.5 Å². The van der Waals surface area contributed by atoms with E-state index in [2.05, 4.69) is 5.32 Å². The van der Waals surface area contributed by atoms with Crippen LogP contribution in [0.1, 0.15) is 34.3 Å². The molecular weight excluding hydrogens is 393 g/mol. The standard InChI is InChI=1S/C19H19F3N2O3S/c1-13-12-14(8-9-17(13)24-10-4-5-11-28(24,26)27)18(25)23-16-7-3-2-6-15(16)19(20,21)22/h2-3,6-9,12H,4-5,10-11H2,1H3,(H,23,25). The van der Waals surface area contributed by atoms with Gasteiger partial charge in [-0.25, -0.2) is 8.42 Å². The Labute approximate surface area is 161 Å². The Balaban J connectivity index is 1.86. The lowest BCUT2D eigenvalue weighted by Gasteiger charge is -2.29. The molecule has 1 N–H and O–H groups in total. The number of carbonyl (C=O) groups excluding carboxylic acids is 1. The van der Waals surface area contributed by atoms with Gasteiger partial charge in [-0.3, -0.25) is 9.10 Å². The predicted octanol–water partition coefficient (Wildman–Crippen LogP) is 4.20. The molecule has 9 heteroatoms. The molecule has 1 aliphatic rings. The summed E-state index contributed by atoms with van der Waals surface area (Å²) in [4.78, 5) is 12.5. The Hall–Kier alpha value is -2.55. The Morgan fingerprint density at radius 1 is 1.11 bits per heavy atom. The van der Waals surface area contributed by atoms with E-state index in [4.69, 9.17) is 0 Å². The van der Waals surface area contributed by atoms with E-state index in [1.165, 1.54) is 40.7 Å². The van der Waals surface area contributed by atoms with Gasteiger partial charge in [-0.05, 0) is 55.7 Å². The van der Waals surface area contributed by atoms with Gasteiger partial charge in [-0.1, -0.05) is 12.1 Å². The minimum atomic E-state index is -4.59. The van der Waals surface area contributed by atoms with Gasteiger partial charge in [0.1, 0.15) is 0 Å². The van der Waals surface area contributed by atoms with E-state index in [0.717, 1.165) is 12.5 Å². The molecule has 1 fully saturated rings. The third kappa shape index (κ3) is 4.14. The van der Waals surface area contributed by atoms with Crippen LogP contribution in [0.3, 0.4) is 0 Å². The van der Waals surface area contributed by atoms with Gasteiger partial charge < -0.3 is 5.32 Å². The largest absolute Gasteiger partial charge is 0.418 e. The van der Waals surface area contributed by atoms with Crippen molar-refractivity contribution in [2.75, 3.05) is 21.9 Å². The smallest absolute Gasteiger partial charge is 0.321 e. The molecule has 0 radical (unpaired) electrons. The number of alkyl halides is 3. The molecule has 0 atom stereocenters. The minimum Gasteiger partial charge on any atom is -0.321 e. The lowest BCUT2D eigenvalue weighted by molar-refractivity contribution is -0.136. The van der Waals surface area contributed by atoms with E-state index < -0.39 is 27.7 Å². The van der Waals surface area contributed by atoms with Crippen molar-refractivity contribution in [3.8, 4) is 0 Å². The fourth-order valence-corrected chi connectivity index (χ4v) is 4.87. The number of aryl methyl sites for hydroxylation is 1. The topological polar surface area (TPSA) is 66.5 Å². The predicted molar refractivity (Wildman–Crippen MR) is 101 cm³/mol. The zero-order valence-electron chi connectivity index (χ0n) is 15.1. The Morgan fingerprint density at radius 3 is 2.46 bits per heavy atom. The molecule has 0 saturated carbocycles. The molecule has 1 heterocycles. The monoisotopic (exact) mass is 412 g/mol. The summed E-state index contributed by atoms with van der Waals surface area (Å²) in [6, 6.07) is 9.14. The summed E-state index contributed by atoms with van der Waals surface area (Å²) in [7, 11) is -3.39. The molecule has 2 aromatic rings. The molecule has 28 heavy (non-hydrogen) atoms. The molecule has 150 valence electrons. The molecule has 0 aliphatic carbocycles. The van der Waals surface area contributed by atoms with Crippen molar-refractivity contribution in [3.63, 3.8) is 0 Å². The van der Waals surface area contributed by atoms with Gasteiger partial charge >= 0.3 is 6.18 Å². The van der Waals surface area contributed by atoms with E-state index in [1.54, 1.807) is 6.92 Å². The van der Waals surface area contributed by atoms with Gasteiger partial charge in [0.2, 0.25) is 10.0 Å². The first-order chi connectivity index (χ1) is 13.1. The van der Waals surface area contributed by atoms with Crippen LogP contribution in [0.2, 0.25) is 0 Å².